The first-order valence-corrected chi connectivity index (χ1v) is 11.4. The number of rotatable bonds is 3. The van der Waals surface area contributed by atoms with Gasteiger partial charge in [0.25, 0.3) is 5.91 Å². The van der Waals surface area contributed by atoms with E-state index in [-0.39, 0.29) is 11.8 Å². The molecule has 1 heterocycles. The van der Waals surface area contributed by atoms with Gasteiger partial charge < -0.3 is 15.0 Å². The van der Waals surface area contributed by atoms with Crippen LogP contribution in [0.15, 0.2) is 42.5 Å². The first-order valence-electron chi connectivity index (χ1n) is 11.4. The summed E-state index contributed by atoms with van der Waals surface area (Å²) in [5.74, 6) is 0.321. The van der Waals surface area contributed by atoms with E-state index in [9.17, 15) is 9.59 Å². The monoisotopic (exact) mass is 416 g/mol. The van der Waals surface area contributed by atoms with Crippen molar-refractivity contribution in [2.24, 2.45) is 11.8 Å². The molecule has 1 atom stereocenters. The number of anilines is 1. The molecule has 0 spiro atoms. The van der Waals surface area contributed by atoms with Gasteiger partial charge >= 0.3 is 0 Å². The van der Waals surface area contributed by atoms with Crippen LogP contribution < -0.4 is 10.2 Å². The maximum absolute atomic E-state index is 12.3. The summed E-state index contributed by atoms with van der Waals surface area (Å²) in [6.07, 6.45) is 10.4. The number of benzene rings is 2. The average Bonchev–Trinajstić information content (AvgIpc) is 2.82. The second-order valence-corrected chi connectivity index (χ2v) is 8.93. The van der Waals surface area contributed by atoms with Gasteiger partial charge in [-0.1, -0.05) is 55.7 Å². The van der Waals surface area contributed by atoms with Crippen LogP contribution in [0.2, 0.25) is 0 Å². The summed E-state index contributed by atoms with van der Waals surface area (Å²) in [6.45, 7) is 0.625. The molecule has 1 amide bonds. The zero-order valence-electron chi connectivity index (χ0n) is 18.6. The molecule has 2 aromatic carbocycles. The highest BCUT2D eigenvalue weighted by atomic mass is 16.1. The van der Waals surface area contributed by atoms with Crippen molar-refractivity contribution in [1.29, 1.82) is 0 Å². The lowest BCUT2D eigenvalue weighted by molar-refractivity contribution is -0.110. The summed E-state index contributed by atoms with van der Waals surface area (Å²) in [5, 5.41) is 2.73. The van der Waals surface area contributed by atoms with Crippen LogP contribution in [-0.4, -0.2) is 32.8 Å². The Morgan fingerprint density at radius 2 is 1.87 bits per heavy atom. The van der Waals surface area contributed by atoms with Crippen molar-refractivity contribution in [3.05, 3.63) is 64.7 Å². The molecule has 4 rings (SSSR count). The van der Waals surface area contributed by atoms with Gasteiger partial charge in [0.15, 0.2) is 0 Å². The fraction of sp³-hybridized carbons (Fsp3) is 0.407. The quantitative estimate of drug-likeness (QED) is 0.719. The van der Waals surface area contributed by atoms with E-state index >= 15 is 0 Å². The third kappa shape index (κ3) is 4.58. The second kappa shape index (κ2) is 9.51. The predicted molar refractivity (Wildman–Crippen MR) is 127 cm³/mol. The Labute approximate surface area is 185 Å². The molecule has 2 aromatic rings. The van der Waals surface area contributed by atoms with Crippen molar-refractivity contribution in [3.63, 3.8) is 0 Å². The fourth-order valence-corrected chi connectivity index (χ4v) is 5.12. The van der Waals surface area contributed by atoms with E-state index in [0.717, 1.165) is 18.4 Å². The molecule has 4 heteroatoms. The number of amides is 1. The lowest BCUT2D eigenvalue weighted by atomic mass is 9.78. The number of carbonyl (C=O) groups excluding carboxylic acids is 2. The number of hydrogen-bond donors (Lipinski definition) is 1. The molecule has 1 aliphatic carbocycles. The molecule has 2 aliphatic rings. The van der Waals surface area contributed by atoms with E-state index in [0.29, 0.717) is 18.0 Å². The van der Waals surface area contributed by atoms with Gasteiger partial charge in [0, 0.05) is 43.4 Å². The Bertz CT molecular complexity index is 988. The Morgan fingerprint density at radius 1 is 1.10 bits per heavy atom. The standard InChI is InChI=1S/C27H32N2O2/c1-28-27(31)23-12-13-24-25(20-8-4-3-5-9-20)15-22-11-7-6-10-21(22)14-19(18-30)17-29(2)26(24)16-23/h6-7,10-13,15-16,18-20H,3-5,8-9,14,17H2,1-2H3,(H,28,31)/b25-15+/t19-/m0/s1. The Kier molecular flexibility index (Phi) is 6.55. The van der Waals surface area contributed by atoms with Gasteiger partial charge in [0.05, 0.1) is 0 Å². The summed E-state index contributed by atoms with van der Waals surface area (Å²) in [7, 11) is 3.69. The van der Waals surface area contributed by atoms with Crippen molar-refractivity contribution in [2.75, 3.05) is 25.5 Å². The summed E-state index contributed by atoms with van der Waals surface area (Å²) in [5.41, 5.74) is 6.67. The first-order chi connectivity index (χ1) is 15.1. The normalized spacial score (nSPS) is 21.3. The van der Waals surface area contributed by atoms with Crippen molar-refractivity contribution < 1.29 is 9.59 Å². The predicted octanol–water partition coefficient (Wildman–Crippen LogP) is 4.97. The van der Waals surface area contributed by atoms with Gasteiger partial charge in [-0.25, -0.2) is 0 Å². The lowest BCUT2D eigenvalue weighted by Crippen LogP contribution is -2.29. The van der Waals surface area contributed by atoms with Gasteiger partial charge in [-0.3, -0.25) is 4.79 Å². The van der Waals surface area contributed by atoms with Gasteiger partial charge in [0.2, 0.25) is 0 Å². The van der Waals surface area contributed by atoms with Crippen molar-refractivity contribution >= 4 is 29.5 Å². The summed E-state index contributed by atoms with van der Waals surface area (Å²) < 4.78 is 0. The highest BCUT2D eigenvalue weighted by Crippen LogP contribution is 2.41. The average molecular weight is 417 g/mol. The number of allylic oxidation sites excluding steroid dienone is 1. The number of hydrogen-bond acceptors (Lipinski definition) is 3. The highest BCUT2D eigenvalue weighted by molar-refractivity contribution is 5.97. The minimum atomic E-state index is -0.104. The van der Waals surface area contributed by atoms with Crippen LogP contribution in [0.25, 0.3) is 11.6 Å². The fourth-order valence-electron chi connectivity index (χ4n) is 5.12. The minimum absolute atomic E-state index is 0.0891. The van der Waals surface area contributed by atoms with Gasteiger partial charge in [-0.15, -0.1) is 0 Å². The molecule has 1 N–H and O–H groups in total. The molecule has 0 aromatic heterocycles. The molecule has 1 fully saturated rings. The summed E-state index contributed by atoms with van der Waals surface area (Å²) >= 11 is 0. The largest absolute Gasteiger partial charge is 0.373 e. The van der Waals surface area contributed by atoms with E-state index < -0.39 is 0 Å². The molecule has 4 nitrogen and oxygen atoms in total. The van der Waals surface area contributed by atoms with Gasteiger partial charge in [0.1, 0.15) is 6.29 Å². The van der Waals surface area contributed by atoms with Gasteiger partial charge in [-0.2, -0.15) is 0 Å². The number of aldehydes is 1. The summed E-state index contributed by atoms with van der Waals surface area (Å²) in [6, 6.07) is 14.5. The van der Waals surface area contributed by atoms with E-state index in [2.05, 4.69) is 46.6 Å². The second-order valence-electron chi connectivity index (χ2n) is 8.93. The van der Waals surface area contributed by atoms with Crippen molar-refractivity contribution in [1.82, 2.24) is 5.32 Å². The minimum Gasteiger partial charge on any atom is -0.373 e. The molecule has 1 saturated carbocycles. The van der Waals surface area contributed by atoms with Crippen molar-refractivity contribution in [2.45, 2.75) is 38.5 Å². The topological polar surface area (TPSA) is 49.4 Å². The molecular formula is C27H32N2O2. The van der Waals surface area contributed by atoms with Crippen molar-refractivity contribution in [3.8, 4) is 0 Å². The summed E-state index contributed by atoms with van der Waals surface area (Å²) in [4.78, 5) is 26.4. The van der Waals surface area contributed by atoms with Gasteiger partial charge in [-0.05, 0) is 54.0 Å². The molecule has 162 valence electrons. The Hall–Kier alpha value is -2.88. The number of fused-ring (bicyclic) bond motifs is 2. The number of carbonyl (C=O) groups is 2. The third-order valence-corrected chi connectivity index (χ3v) is 6.80. The first kappa shape index (κ1) is 21.4. The van der Waals surface area contributed by atoms with Crippen LogP contribution in [0.3, 0.4) is 0 Å². The zero-order valence-corrected chi connectivity index (χ0v) is 18.6. The number of nitrogens with one attached hydrogen (secondary N) is 1. The van der Waals surface area contributed by atoms with Crippen LogP contribution >= 0.6 is 0 Å². The maximum atomic E-state index is 12.3. The smallest absolute Gasteiger partial charge is 0.251 e. The number of nitrogens with zero attached hydrogens (tertiary/aromatic N) is 1. The van der Waals surface area contributed by atoms with Crippen LogP contribution in [0.5, 0.6) is 0 Å². The zero-order chi connectivity index (χ0) is 21.8. The SMILES string of the molecule is CNC(=O)c1ccc2c(c1)N(C)C[C@@H](C=O)Cc1ccccc1/C=C/2C1CCCCC1. The highest BCUT2D eigenvalue weighted by Gasteiger charge is 2.25. The Balaban J connectivity index is 1.93. The van der Waals surface area contributed by atoms with Crippen LogP contribution in [-0.2, 0) is 11.2 Å². The molecule has 1 aliphatic heterocycles. The van der Waals surface area contributed by atoms with Crippen LogP contribution in [0.1, 0.15) is 59.2 Å². The van der Waals surface area contributed by atoms with E-state index in [1.807, 2.05) is 19.2 Å². The molecule has 0 bridgehead atoms. The molecular weight excluding hydrogens is 384 g/mol. The van der Waals surface area contributed by atoms with Crippen LogP contribution in [0, 0.1) is 11.8 Å². The van der Waals surface area contributed by atoms with E-state index in [1.54, 1.807) is 7.05 Å². The van der Waals surface area contributed by atoms with Crippen LogP contribution in [0.4, 0.5) is 5.69 Å². The molecule has 0 radical (unpaired) electrons. The van der Waals surface area contributed by atoms with E-state index in [4.69, 9.17) is 0 Å². The Morgan fingerprint density at radius 3 is 2.61 bits per heavy atom. The molecule has 31 heavy (non-hydrogen) atoms. The maximum Gasteiger partial charge on any atom is 0.251 e. The van der Waals surface area contributed by atoms with E-state index in [1.165, 1.54) is 54.4 Å². The third-order valence-electron chi connectivity index (χ3n) is 6.80. The molecule has 0 saturated heterocycles. The molecule has 0 unspecified atom stereocenters. The lowest BCUT2D eigenvalue weighted by Gasteiger charge is -2.32.